The lowest BCUT2D eigenvalue weighted by Gasteiger charge is -2.36. The Kier molecular flexibility index (Phi) is 7.73. The number of hydrogen-bond donors (Lipinski definition) is 1. The fourth-order valence-electron chi connectivity index (χ4n) is 4.38. The van der Waals surface area contributed by atoms with Crippen LogP contribution in [-0.4, -0.2) is 55.2 Å². The molecule has 0 aliphatic carbocycles. The van der Waals surface area contributed by atoms with Crippen LogP contribution < -0.4 is 10.2 Å². The molecule has 0 amide bonds. The van der Waals surface area contributed by atoms with Crippen LogP contribution in [0.5, 0.6) is 0 Å². The van der Waals surface area contributed by atoms with Gasteiger partial charge in [0.25, 0.3) is 0 Å². The highest BCUT2D eigenvalue weighted by Gasteiger charge is 2.31. The molecule has 3 heterocycles. The predicted octanol–water partition coefficient (Wildman–Crippen LogP) is 6.69. The van der Waals surface area contributed by atoms with E-state index in [0.717, 1.165) is 22.7 Å². The third kappa shape index (κ3) is 6.03. The molecule has 2 aromatic heterocycles. The Morgan fingerprint density at radius 3 is 2.66 bits per heavy atom. The van der Waals surface area contributed by atoms with Crippen molar-refractivity contribution < 1.29 is 22.7 Å². The zero-order valence-electron chi connectivity index (χ0n) is 20.2. The van der Waals surface area contributed by atoms with Crippen LogP contribution in [0.1, 0.15) is 15.2 Å². The molecule has 0 unspecified atom stereocenters. The summed E-state index contributed by atoms with van der Waals surface area (Å²) in [4.78, 5) is 21.7. The molecule has 1 aliphatic heterocycles. The van der Waals surface area contributed by atoms with Crippen LogP contribution in [0.2, 0.25) is 5.02 Å². The van der Waals surface area contributed by atoms with Crippen LogP contribution in [0, 0.1) is 0 Å². The first-order valence-electron chi connectivity index (χ1n) is 12.0. The van der Waals surface area contributed by atoms with E-state index in [1.807, 2.05) is 28.5 Å². The molecule has 1 saturated heterocycles. The molecule has 2 aromatic carbocycles. The number of alkyl halides is 3. The Morgan fingerprint density at radius 1 is 1.05 bits per heavy atom. The second kappa shape index (κ2) is 11.2. The van der Waals surface area contributed by atoms with Crippen LogP contribution >= 0.6 is 22.9 Å². The lowest BCUT2D eigenvalue weighted by Crippen LogP contribution is -2.47. The maximum atomic E-state index is 13.0. The molecular formula is C27H24ClF3N4O2S. The average molecular weight is 561 g/mol. The minimum atomic E-state index is -4.36. The summed E-state index contributed by atoms with van der Waals surface area (Å²) in [5.41, 5.74) is 2.12. The number of aromatic nitrogens is 1. The van der Waals surface area contributed by atoms with E-state index >= 15 is 0 Å². The first kappa shape index (κ1) is 26.3. The number of nitrogens with one attached hydrogen (secondary N) is 1. The normalized spacial score (nSPS) is 14.6. The van der Waals surface area contributed by atoms with E-state index < -0.39 is 17.7 Å². The van der Waals surface area contributed by atoms with E-state index in [0.29, 0.717) is 54.0 Å². The number of thiophene rings is 1. The summed E-state index contributed by atoms with van der Waals surface area (Å²) in [6, 6.07) is 14.5. The molecule has 11 heteroatoms. The number of pyridine rings is 1. The molecular weight excluding hydrogens is 537 g/mol. The van der Waals surface area contributed by atoms with Crippen molar-refractivity contribution in [2.75, 3.05) is 49.5 Å². The lowest BCUT2D eigenvalue weighted by atomic mass is 10.1. The number of carbonyl (C=O) groups excluding carboxylic acids is 1. The van der Waals surface area contributed by atoms with E-state index in [4.69, 9.17) is 16.3 Å². The van der Waals surface area contributed by atoms with Crippen molar-refractivity contribution in [2.45, 2.75) is 6.18 Å². The van der Waals surface area contributed by atoms with Crippen molar-refractivity contribution >= 4 is 56.9 Å². The van der Waals surface area contributed by atoms with E-state index in [9.17, 15) is 18.0 Å². The van der Waals surface area contributed by atoms with Gasteiger partial charge in [0.1, 0.15) is 11.5 Å². The van der Waals surface area contributed by atoms with Gasteiger partial charge in [-0.15, -0.1) is 11.3 Å². The van der Waals surface area contributed by atoms with Crippen molar-refractivity contribution in [3.63, 3.8) is 0 Å². The molecule has 1 aliphatic rings. The van der Waals surface area contributed by atoms with Gasteiger partial charge in [-0.05, 0) is 53.9 Å². The summed E-state index contributed by atoms with van der Waals surface area (Å²) in [7, 11) is 0. The molecule has 6 nitrogen and oxygen atoms in total. The molecule has 4 aromatic rings. The van der Waals surface area contributed by atoms with Gasteiger partial charge in [-0.3, -0.25) is 9.88 Å². The van der Waals surface area contributed by atoms with E-state index in [-0.39, 0.29) is 6.61 Å². The number of esters is 1. The fraction of sp³-hybridized carbons (Fsp3) is 0.259. The molecule has 5 rings (SSSR count). The van der Waals surface area contributed by atoms with Crippen molar-refractivity contribution in [3.05, 3.63) is 81.6 Å². The summed E-state index contributed by atoms with van der Waals surface area (Å²) >= 11 is 7.38. The minimum absolute atomic E-state index is 0.219. The third-order valence-corrected chi connectivity index (χ3v) is 7.51. The van der Waals surface area contributed by atoms with Crippen molar-refractivity contribution in [3.8, 4) is 0 Å². The second-order valence-electron chi connectivity index (χ2n) is 8.82. The van der Waals surface area contributed by atoms with Gasteiger partial charge in [-0.1, -0.05) is 17.7 Å². The maximum Gasteiger partial charge on any atom is 0.416 e. The first-order valence-corrected chi connectivity index (χ1v) is 13.2. The number of benzene rings is 2. The zero-order valence-corrected chi connectivity index (χ0v) is 21.7. The molecule has 198 valence electrons. The van der Waals surface area contributed by atoms with E-state index in [2.05, 4.69) is 15.2 Å². The number of anilines is 3. The highest BCUT2D eigenvalue weighted by Crippen LogP contribution is 2.33. The Morgan fingerprint density at radius 2 is 1.87 bits per heavy atom. The quantitative estimate of drug-likeness (QED) is 0.254. The number of piperazine rings is 1. The van der Waals surface area contributed by atoms with Gasteiger partial charge in [-0.25, -0.2) is 4.79 Å². The molecule has 1 fully saturated rings. The smallest absolute Gasteiger partial charge is 0.416 e. The van der Waals surface area contributed by atoms with Gasteiger partial charge < -0.3 is 15.0 Å². The van der Waals surface area contributed by atoms with Gasteiger partial charge >= 0.3 is 12.1 Å². The van der Waals surface area contributed by atoms with Crippen molar-refractivity contribution in [2.24, 2.45) is 0 Å². The Balaban J connectivity index is 1.13. The van der Waals surface area contributed by atoms with Gasteiger partial charge in [0.2, 0.25) is 0 Å². The summed E-state index contributed by atoms with van der Waals surface area (Å²) in [5.74, 6) is -0.411. The Bertz CT molecular complexity index is 1440. The van der Waals surface area contributed by atoms with Crippen LogP contribution in [-0.2, 0) is 10.9 Å². The van der Waals surface area contributed by atoms with Crippen molar-refractivity contribution in [1.82, 2.24) is 9.88 Å². The third-order valence-electron chi connectivity index (χ3n) is 6.38. The first-order chi connectivity index (χ1) is 18.3. The summed E-state index contributed by atoms with van der Waals surface area (Å²) in [6.45, 7) is 3.29. The van der Waals surface area contributed by atoms with Crippen molar-refractivity contribution in [1.29, 1.82) is 0 Å². The molecule has 0 atom stereocenters. The molecule has 38 heavy (non-hydrogen) atoms. The number of hydrogen-bond acceptors (Lipinski definition) is 7. The second-order valence-corrected chi connectivity index (χ2v) is 10.2. The van der Waals surface area contributed by atoms with E-state index in [1.165, 1.54) is 23.5 Å². The average Bonchev–Trinajstić information content (AvgIpc) is 3.37. The summed E-state index contributed by atoms with van der Waals surface area (Å²) in [6.07, 6.45) is -2.68. The van der Waals surface area contributed by atoms with E-state index in [1.54, 1.807) is 24.4 Å². The maximum absolute atomic E-state index is 13.0. The highest BCUT2D eigenvalue weighted by molar-refractivity contribution is 7.12. The van der Waals surface area contributed by atoms with Gasteiger partial charge in [-0.2, -0.15) is 13.2 Å². The molecule has 0 spiro atoms. The van der Waals surface area contributed by atoms with Crippen LogP contribution in [0.15, 0.2) is 66.2 Å². The number of nitrogens with zero attached hydrogens (tertiary/aromatic N) is 3. The summed E-state index contributed by atoms with van der Waals surface area (Å²) in [5, 5.41) is 6.61. The van der Waals surface area contributed by atoms with Crippen LogP contribution in [0.4, 0.5) is 30.2 Å². The zero-order chi connectivity index (χ0) is 26.7. The monoisotopic (exact) mass is 560 g/mol. The predicted molar refractivity (Wildman–Crippen MR) is 145 cm³/mol. The van der Waals surface area contributed by atoms with Gasteiger partial charge in [0.15, 0.2) is 0 Å². The molecule has 1 N–H and O–H groups in total. The minimum Gasteiger partial charge on any atom is -0.460 e. The highest BCUT2D eigenvalue weighted by atomic mass is 35.5. The number of carbonyl (C=O) groups is 1. The van der Waals surface area contributed by atoms with Crippen LogP contribution in [0.3, 0.4) is 0 Å². The Labute approximate surface area is 226 Å². The van der Waals surface area contributed by atoms with Crippen LogP contribution in [0.25, 0.3) is 10.9 Å². The number of halogens is 4. The summed E-state index contributed by atoms with van der Waals surface area (Å²) < 4.78 is 44.7. The fourth-order valence-corrected chi connectivity index (χ4v) is 5.29. The Hall–Kier alpha value is -3.34. The molecule has 0 saturated carbocycles. The largest absolute Gasteiger partial charge is 0.460 e. The lowest BCUT2D eigenvalue weighted by molar-refractivity contribution is -0.137. The standard InChI is InChI=1S/C27H24ClF3N4O2S/c28-19-4-5-21-22(6-8-32-24(21)17-19)33-23-7-15-38-25(23)26(36)37-14-13-34-9-11-35(12-10-34)20-3-1-2-18(16-20)27(29,30)31/h1-8,15-17H,9-14H2,(H,32,33). The number of fused-ring (bicyclic) bond motifs is 1. The number of ether oxygens (including phenoxy) is 1. The molecule has 0 radical (unpaired) electrons. The topological polar surface area (TPSA) is 57.7 Å². The SMILES string of the molecule is O=C(OCCN1CCN(c2cccc(C(F)(F)F)c2)CC1)c1sccc1Nc1ccnc2cc(Cl)ccc12. The van der Waals surface area contributed by atoms with Gasteiger partial charge in [0.05, 0.1) is 16.8 Å². The molecule has 0 bridgehead atoms. The van der Waals surface area contributed by atoms with Gasteiger partial charge in [0, 0.05) is 60.7 Å². The number of rotatable bonds is 7.